The number of rotatable bonds is 10. The molecule has 1 aliphatic carbocycles. The summed E-state index contributed by atoms with van der Waals surface area (Å²) in [5, 5.41) is 5.20. The molecule has 0 heterocycles. The number of hydrogen-bond acceptors (Lipinski definition) is 5. The van der Waals surface area contributed by atoms with Crippen LogP contribution in [-0.4, -0.2) is 39.9 Å². The lowest BCUT2D eigenvalue weighted by molar-refractivity contribution is -0.124. The average Bonchev–Trinajstić information content (AvgIpc) is 3.17. The van der Waals surface area contributed by atoms with Crippen molar-refractivity contribution in [3.05, 3.63) is 24.3 Å². The van der Waals surface area contributed by atoms with Gasteiger partial charge in [-0.15, -0.1) is 0 Å². The molecule has 1 fully saturated rings. The molecule has 2 amide bonds. The predicted molar refractivity (Wildman–Crippen MR) is 104 cm³/mol. The van der Waals surface area contributed by atoms with Gasteiger partial charge in [-0.1, -0.05) is 31.7 Å². The third kappa shape index (κ3) is 7.28. The van der Waals surface area contributed by atoms with E-state index in [1.165, 1.54) is 43.9 Å². The maximum absolute atomic E-state index is 12.1. The van der Waals surface area contributed by atoms with Crippen molar-refractivity contribution in [2.45, 2.75) is 43.4 Å². The summed E-state index contributed by atoms with van der Waals surface area (Å²) in [6, 6.07) is 5.91. The van der Waals surface area contributed by atoms with Crippen molar-refractivity contribution < 1.29 is 18.0 Å². The summed E-state index contributed by atoms with van der Waals surface area (Å²) in [4.78, 5) is 23.9. The molecule has 8 nitrogen and oxygen atoms in total. The number of nitrogens with two attached hydrogens (primary N) is 1. The first-order chi connectivity index (χ1) is 12.9. The average molecular weight is 397 g/mol. The highest BCUT2D eigenvalue weighted by Crippen LogP contribution is 2.28. The fraction of sp³-hybridized carbons (Fsp3) is 0.556. The normalized spacial score (nSPS) is 14.9. The molecule has 0 saturated heterocycles. The zero-order valence-corrected chi connectivity index (χ0v) is 16.2. The van der Waals surface area contributed by atoms with E-state index in [4.69, 9.17) is 5.73 Å². The summed E-state index contributed by atoms with van der Waals surface area (Å²) in [5.41, 5.74) is 5.65. The molecule has 0 spiro atoms. The molecular weight excluding hydrogens is 368 g/mol. The number of benzene rings is 1. The van der Waals surface area contributed by atoms with Crippen LogP contribution in [0, 0.1) is 5.92 Å². The molecular formula is C18H28N4O4S. The van der Waals surface area contributed by atoms with Crippen LogP contribution in [0.5, 0.6) is 0 Å². The van der Waals surface area contributed by atoms with Gasteiger partial charge < -0.3 is 16.4 Å². The van der Waals surface area contributed by atoms with E-state index >= 15 is 0 Å². The van der Waals surface area contributed by atoms with E-state index in [-0.39, 0.29) is 30.4 Å². The second-order valence-corrected chi connectivity index (χ2v) is 8.50. The molecule has 150 valence electrons. The maximum Gasteiger partial charge on any atom is 0.243 e. The van der Waals surface area contributed by atoms with Crippen LogP contribution >= 0.6 is 0 Å². The van der Waals surface area contributed by atoms with Crippen molar-refractivity contribution in [1.82, 2.24) is 10.0 Å². The summed E-state index contributed by atoms with van der Waals surface area (Å²) < 4.78 is 26.5. The molecule has 1 aliphatic rings. The third-order valence-corrected chi connectivity index (χ3v) is 6.02. The fourth-order valence-corrected chi connectivity index (χ4v) is 4.22. The topological polar surface area (TPSA) is 130 Å². The lowest BCUT2D eigenvalue weighted by Crippen LogP contribution is -2.33. The zero-order chi connectivity index (χ0) is 19.7. The van der Waals surface area contributed by atoms with Crippen LogP contribution in [0.2, 0.25) is 0 Å². The first kappa shape index (κ1) is 21.3. The Balaban J connectivity index is 1.79. The van der Waals surface area contributed by atoms with Gasteiger partial charge in [-0.25, -0.2) is 13.1 Å². The molecule has 0 atom stereocenters. The Hall–Kier alpha value is -1.97. The summed E-state index contributed by atoms with van der Waals surface area (Å²) in [6.45, 7) is 0.174. The van der Waals surface area contributed by atoms with Crippen LogP contribution in [0.25, 0.3) is 0 Å². The largest absolute Gasteiger partial charge is 0.347 e. The Morgan fingerprint density at radius 2 is 1.89 bits per heavy atom. The highest BCUT2D eigenvalue weighted by molar-refractivity contribution is 7.89. The van der Waals surface area contributed by atoms with Gasteiger partial charge in [0.25, 0.3) is 0 Å². The van der Waals surface area contributed by atoms with Crippen LogP contribution in [0.15, 0.2) is 29.2 Å². The molecule has 5 N–H and O–H groups in total. The van der Waals surface area contributed by atoms with Crippen LogP contribution < -0.4 is 21.1 Å². The molecule has 0 unspecified atom stereocenters. The van der Waals surface area contributed by atoms with Crippen molar-refractivity contribution in [3.8, 4) is 0 Å². The van der Waals surface area contributed by atoms with Crippen molar-refractivity contribution in [2.75, 3.05) is 25.0 Å². The number of amides is 2. The van der Waals surface area contributed by atoms with Gasteiger partial charge in [-0.05, 0) is 30.5 Å². The Labute approximate surface area is 160 Å². The van der Waals surface area contributed by atoms with Gasteiger partial charge in [0.05, 0.1) is 11.4 Å². The highest BCUT2D eigenvalue weighted by Gasteiger charge is 2.17. The van der Waals surface area contributed by atoms with Gasteiger partial charge in [-0.3, -0.25) is 9.59 Å². The second kappa shape index (κ2) is 10.4. The van der Waals surface area contributed by atoms with Crippen LogP contribution in [0.4, 0.5) is 5.69 Å². The minimum Gasteiger partial charge on any atom is -0.347 e. The summed E-state index contributed by atoms with van der Waals surface area (Å²) in [7, 11) is -3.67. The van der Waals surface area contributed by atoms with E-state index < -0.39 is 15.9 Å². The zero-order valence-electron chi connectivity index (χ0n) is 15.4. The second-order valence-electron chi connectivity index (χ2n) is 6.73. The number of nitrogens with one attached hydrogen (secondary N) is 3. The van der Waals surface area contributed by atoms with Crippen molar-refractivity contribution in [3.63, 3.8) is 0 Å². The molecule has 1 saturated carbocycles. The Bertz CT molecular complexity index is 745. The van der Waals surface area contributed by atoms with Crippen molar-refractivity contribution >= 4 is 27.5 Å². The Morgan fingerprint density at radius 3 is 2.59 bits per heavy atom. The molecule has 0 aliphatic heterocycles. The summed E-state index contributed by atoms with van der Waals surface area (Å²) in [5.74, 6) is 0.0789. The maximum atomic E-state index is 12.1. The van der Waals surface area contributed by atoms with E-state index in [2.05, 4.69) is 15.4 Å². The number of carbonyl (C=O) groups is 2. The molecule has 0 radical (unpaired) electrons. The van der Waals surface area contributed by atoms with Crippen LogP contribution in [0.3, 0.4) is 0 Å². The number of sulfonamides is 1. The van der Waals surface area contributed by atoms with Gasteiger partial charge in [0, 0.05) is 25.2 Å². The van der Waals surface area contributed by atoms with Gasteiger partial charge in [-0.2, -0.15) is 0 Å². The van der Waals surface area contributed by atoms with E-state index in [0.717, 1.165) is 6.42 Å². The summed E-state index contributed by atoms with van der Waals surface area (Å²) in [6.07, 6.45) is 6.15. The minimum atomic E-state index is -3.67. The smallest absolute Gasteiger partial charge is 0.243 e. The van der Waals surface area contributed by atoms with Crippen molar-refractivity contribution in [2.24, 2.45) is 11.7 Å². The molecule has 9 heteroatoms. The van der Waals surface area contributed by atoms with E-state index in [0.29, 0.717) is 18.0 Å². The van der Waals surface area contributed by atoms with Gasteiger partial charge >= 0.3 is 0 Å². The van der Waals surface area contributed by atoms with Gasteiger partial charge in [0.15, 0.2) is 0 Å². The monoisotopic (exact) mass is 396 g/mol. The standard InChI is InChI=1S/C18H28N4O4S/c19-10-11-21-27(25,26)16-7-3-6-15(12-16)22-18(24)13-20-17(23)9-8-14-4-1-2-5-14/h3,6-7,12,14,21H,1-2,4-5,8-11,13,19H2,(H,20,23)(H,22,24). The fourth-order valence-electron chi connectivity index (χ4n) is 3.12. The van der Waals surface area contributed by atoms with E-state index in [1.54, 1.807) is 6.07 Å². The Kier molecular flexibility index (Phi) is 8.21. The predicted octanol–water partition coefficient (Wildman–Crippen LogP) is 0.949. The Morgan fingerprint density at radius 1 is 1.15 bits per heavy atom. The van der Waals surface area contributed by atoms with E-state index in [9.17, 15) is 18.0 Å². The first-order valence-electron chi connectivity index (χ1n) is 9.27. The lowest BCUT2D eigenvalue weighted by Gasteiger charge is -2.10. The quantitative estimate of drug-likeness (QED) is 0.468. The van der Waals surface area contributed by atoms with Gasteiger partial charge in [0.2, 0.25) is 21.8 Å². The van der Waals surface area contributed by atoms with Crippen molar-refractivity contribution in [1.29, 1.82) is 0 Å². The number of carbonyl (C=O) groups excluding carboxylic acids is 2. The SMILES string of the molecule is NCCNS(=O)(=O)c1cccc(NC(=O)CNC(=O)CCC2CCCC2)c1. The van der Waals surface area contributed by atoms with Crippen LogP contribution in [-0.2, 0) is 19.6 Å². The molecule has 2 rings (SSSR count). The molecule has 0 bridgehead atoms. The van der Waals surface area contributed by atoms with Gasteiger partial charge in [0.1, 0.15) is 0 Å². The molecule has 1 aromatic carbocycles. The number of anilines is 1. The summed E-state index contributed by atoms with van der Waals surface area (Å²) >= 11 is 0. The molecule has 0 aromatic heterocycles. The third-order valence-electron chi connectivity index (χ3n) is 4.57. The first-order valence-corrected chi connectivity index (χ1v) is 10.8. The van der Waals surface area contributed by atoms with E-state index in [1.807, 2.05) is 0 Å². The molecule has 27 heavy (non-hydrogen) atoms. The lowest BCUT2D eigenvalue weighted by atomic mass is 10.0. The highest BCUT2D eigenvalue weighted by atomic mass is 32.2. The van der Waals surface area contributed by atoms with Crippen LogP contribution in [0.1, 0.15) is 38.5 Å². The molecule has 1 aromatic rings. The number of hydrogen-bond donors (Lipinski definition) is 4. The minimum absolute atomic E-state index is 0.0364.